The van der Waals surface area contributed by atoms with Crippen LogP contribution in [0.2, 0.25) is 0 Å². The smallest absolute Gasteiger partial charge is 0.222 e. The third-order valence-corrected chi connectivity index (χ3v) is 5.56. The van der Waals surface area contributed by atoms with Crippen LogP contribution in [-0.4, -0.2) is 4.57 Å². The van der Waals surface area contributed by atoms with Crippen molar-refractivity contribution in [3.8, 4) is 11.3 Å². The monoisotopic (exact) mass is 337 g/mol. The average Bonchev–Trinajstić information content (AvgIpc) is 2.93. The van der Waals surface area contributed by atoms with Crippen LogP contribution in [0.5, 0.6) is 0 Å². The molecule has 0 N–H and O–H groups in total. The van der Waals surface area contributed by atoms with E-state index in [1.165, 1.54) is 49.4 Å². The quantitative estimate of drug-likeness (QED) is 0.368. The van der Waals surface area contributed by atoms with Crippen molar-refractivity contribution in [2.24, 2.45) is 14.1 Å². The van der Waals surface area contributed by atoms with Crippen LogP contribution in [0.15, 0.2) is 72.9 Å². The largest absolute Gasteiger partial charge is 0.343 e. The van der Waals surface area contributed by atoms with Crippen LogP contribution in [0, 0.1) is 6.92 Å². The third kappa shape index (κ3) is 2.02. The molecule has 0 atom stereocenters. The van der Waals surface area contributed by atoms with Crippen LogP contribution >= 0.6 is 0 Å². The molecule has 0 aliphatic carbocycles. The zero-order valence-corrected chi connectivity index (χ0v) is 15.3. The van der Waals surface area contributed by atoms with E-state index in [0.717, 1.165) is 0 Å². The molecule has 0 bridgehead atoms. The Morgan fingerprint density at radius 3 is 2.27 bits per heavy atom. The van der Waals surface area contributed by atoms with E-state index in [0.29, 0.717) is 0 Å². The summed E-state index contributed by atoms with van der Waals surface area (Å²) in [6, 6.07) is 24.1. The Morgan fingerprint density at radius 2 is 1.50 bits per heavy atom. The minimum Gasteiger partial charge on any atom is -0.343 e. The second-order valence-electron chi connectivity index (χ2n) is 7.13. The third-order valence-electron chi connectivity index (χ3n) is 5.56. The topological polar surface area (TPSA) is 8.81 Å². The van der Waals surface area contributed by atoms with Gasteiger partial charge in [0.05, 0.1) is 10.9 Å². The molecule has 5 rings (SSSR count). The summed E-state index contributed by atoms with van der Waals surface area (Å²) in [6.45, 7) is 2.19. The summed E-state index contributed by atoms with van der Waals surface area (Å²) < 4.78 is 4.57. The SMILES string of the molecule is Cc1ccccc1-c1c2c3cc4ccccc4cc3n(C)c2cc[n+]1C. The molecule has 0 saturated heterocycles. The first-order valence-electron chi connectivity index (χ1n) is 9.00. The lowest BCUT2D eigenvalue weighted by Crippen LogP contribution is -2.30. The van der Waals surface area contributed by atoms with Crippen molar-refractivity contribution in [3.63, 3.8) is 0 Å². The Labute approximate surface area is 152 Å². The summed E-state index contributed by atoms with van der Waals surface area (Å²) >= 11 is 0. The van der Waals surface area contributed by atoms with Gasteiger partial charge in [-0.25, -0.2) is 4.57 Å². The van der Waals surface area contributed by atoms with E-state index in [-0.39, 0.29) is 0 Å². The second-order valence-corrected chi connectivity index (χ2v) is 7.13. The van der Waals surface area contributed by atoms with Gasteiger partial charge in [0, 0.05) is 29.6 Å². The number of rotatable bonds is 1. The Morgan fingerprint density at radius 1 is 0.808 bits per heavy atom. The summed E-state index contributed by atoms with van der Waals surface area (Å²) in [7, 11) is 4.31. The fourth-order valence-corrected chi connectivity index (χ4v) is 4.18. The van der Waals surface area contributed by atoms with Crippen LogP contribution in [0.4, 0.5) is 0 Å². The van der Waals surface area contributed by atoms with Crippen molar-refractivity contribution < 1.29 is 4.57 Å². The summed E-state index contributed by atoms with van der Waals surface area (Å²) in [5, 5.41) is 5.21. The van der Waals surface area contributed by atoms with Crippen molar-refractivity contribution in [1.29, 1.82) is 0 Å². The molecule has 0 aliphatic heterocycles. The molecule has 0 unspecified atom stereocenters. The van der Waals surface area contributed by atoms with Gasteiger partial charge in [-0.05, 0) is 41.5 Å². The number of benzene rings is 3. The van der Waals surface area contributed by atoms with Gasteiger partial charge < -0.3 is 4.57 Å². The Kier molecular flexibility index (Phi) is 3.17. The highest BCUT2D eigenvalue weighted by molar-refractivity contribution is 6.16. The molecule has 5 aromatic rings. The van der Waals surface area contributed by atoms with Crippen LogP contribution in [0.1, 0.15) is 5.56 Å². The predicted octanol–water partition coefficient (Wildman–Crippen LogP) is 5.28. The number of fused-ring (bicyclic) bond motifs is 4. The lowest BCUT2D eigenvalue weighted by Gasteiger charge is -2.06. The fourth-order valence-electron chi connectivity index (χ4n) is 4.18. The molecule has 0 aliphatic rings. The van der Waals surface area contributed by atoms with Gasteiger partial charge in [-0.3, -0.25) is 0 Å². The van der Waals surface area contributed by atoms with E-state index in [2.05, 4.69) is 103 Å². The van der Waals surface area contributed by atoms with E-state index >= 15 is 0 Å². The first-order valence-corrected chi connectivity index (χ1v) is 9.00. The van der Waals surface area contributed by atoms with E-state index in [1.807, 2.05) is 0 Å². The fraction of sp³-hybridized carbons (Fsp3) is 0.125. The molecule has 0 saturated carbocycles. The number of aromatic nitrogens is 2. The molecule has 0 spiro atoms. The van der Waals surface area contributed by atoms with E-state index in [4.69, 9.17) is 0 Å². The maximum Gasteiger partial charge on any atom is 0.222 e. The van der Waals surface area contributed by atoms with Crippen molar-refractivity contribution in [2.75, 3.05) is 0 Å². The summed E-state index contributed by atoms with van der Waals surface area (Å²) in [6.07, 6.45) is 2.17. The van der Waals surface area contributed by atoms with Gasteiger partial charge in [0.1, 0.15) is 7.05 Å². The van der Waals surface area contributed by atoms with E-state index in [9.17, 15) is 0 Å². The highest BCUT2D eigenvalue weighted by Gasteiger charge is 2.22. The maximum atomic E-state index is 2.34. The number of pyridine rings is 1. The van der Waals surface area contributed by atoms with Crippen LogP contribution in [0.3, 0.4) is 0 Å². The number of nitrogens with zero attached hydrogens (tertiary/aromatic N) is 2. The molecule has 2 heteroatoms. The number of hydrogen-bond donors (Lipinski definition) is 0. The number of hydrogen-bond acceptors (Lipinski definition) is 0. The standard InChI is InChI=1S/C24H21N2/c1-16-8-4-7-11-19(16)24-23-20-14-17-9-5-6-10-18(17)15-22(20)26(3)21(23)12-13-25(24)2/h4-15H,1-3H3/q+1. The Balaban J connectivity index is 2.03. The molecule has 2 heterocycles. The van der Waals surface area contributed by atoms with Gasteiger partial charge in [-0.1, -0.05) is 42.5 Å². The molecule has 126 valence electrons. The Bertz CT molecular complexity index is 1310. The minimum absolute atomic E-state index is 1.27. The van der Waals surface area contributed by atoms with Crippen molar-refractivity contribution in [1.82, 2.24) is 4.57 Å². The number of aryl methyl sites for hydroxylation is 3. The van der Waals surface area contributed by atoms with Gasteiger partial charge >= 0.3 is 0 Å². The molecular weight excluding hydrogens is 316 g/mol. The van der Waals surface area contributed by atoms with Gasteiger partial charge in [0.15, 0.2) is 6.20 Å². The highest BCUT2D eigenvalue weighted by Crippen LogP contribution is 2.36. The van der Waals surface area contributed by atoms with E-state index in [1.54, 1.807) is 0 Å². The second kappa shape index (κ2) is 5.43. The molecule has 0 fully saturated rings. The van der Waals surface area contributed by atoms with E-state index < -0.39 is 0 Å². The first kappa shape index (κ1) is 15.2. The predicted molar refractivity (Wildman–Crippen MR) is 109 cm³/mol. The van der Waals surface area contributed by atoms with Gasteiger partial charge in [0.2, 0.25) is 5.69 Å². The van der Waals surface area contributed by atoms with Gasteiger partial charge in [-0.2, -0.15) is 0 Å². The molecule has 3 aromatic carbocycles. The normalized spacial score (nSPS) is 11.7. The van der Waals surface area contributed by atoms with Crippen molar-refractivity contribution >= 4 is 32.6 Å². The average molecular weight is 337 g/mol. The van der Waals surface area contributed by atoms with Crippen molar-refractivity contribution in [3.05, 3.63) is 78.5 Å². The van der Waals surface area contributed by atoms with Crippen LogP contribution < -0.4 is 4.57 Å². The molecule has 2 nitrogen and oxygen atoms in total. The zero-order chi connectivity index (χ0) is 17.8. The molecule has 2 aromatic heterocycles. The van der Waals surface area contributed by atoms with Gasteiger partial charge in [0.25, 0.3) is 0 Å². The Hall–Kier alpha value is -3.13. The molecular formula is C24H21N2+. The van der Waals surface area contributed by atoms with Crippen LogP contribution in [-0.2, 0) is 14.1 Å². The molecule has 0 radical (unpaired) electrons. The van der Waals surface area contributed by atoms with Gasteiger partial charge in [-0.15, -0.1) is 0 Å². The lowest BCUT2D eigenvalue weighted by atomic mass is 9.99. The zero-order valence-electron chi connectivity index (χ0n) is 15.3. The lowest BCUT2D eigenvalue weighted by molar-refractivity contribution is -0.659. The summed E-state index contributed by atoms with van der Waals surface area (Å²) in [5.41, 5.74) is 6.42. The minimum atomic E-state index is 1.27. The highest BCUT2D eigenvalue weighted by atomic mass is 15.0. The maximum absolute atomic E-state index is 2.34. The summed E-state index contributed by atoms with van der Waals surface area (Å²) in [5.74, 6) is 0. The summed E-state index contributed by atoms with van der Waals surface area (Å²) in [4.78, 5) is 0. The van der Waals surface area contributed by atoms with Crippen LogP contribution in [0.25, 0.3) is 43.8 Å². The molecule has 26 heavy (non-hydrogen) atoms. The van der Waals surface area contributed by atoms with Crippen molar-refractivity contribution in [2.45, 2.75) is 6.92 Å². The molecule has 0 amide bonds. The first-order chi connectivity index (χ1) is 12.6.